The van der Waals surface area contributed by atoms with Gasteiger partial charge in [-0.15, -0.1) is 0 Å². The Hall–Kier alpha value is -4.14. The standard InChI is InChI=1S/C26H27NO8/c1-15-8-19(16(2)27(15)12-17-6-7-21-22(9-17)35-14-34-21)20(28)13-33-26(29)18-10-23(30-3)25(32-5)24(11-18)31-4/h6-11H,12-14H2,1-5H3. The molecule has 0 saturated carbocycles. The third-order valence-electron chi connectivity index (χ3n) is 5.89. The van der Waals surface area contributed by atoms with Gasteiger partial charge in [0.05, 0.1) is 26.9 Å². The van der Waals surface area contributed by atoms with E-state index in [1.165, 1.54) is 33.5 Å². The molecule has 3 aromatic rings. The molecule has 2 aromatic carbocycles. The van der Waals surface area contributed by atoms with Gasteiger partial charge in [-0.25, -0.2) is 4.79 Å². The average Bonchev–Trinajstić information content (AvgIpc) is 3.45. The van der Waals surface area contributed by atoms with Crippen LogP contribution >= 0.6 is 0 Å². The van der Waals surface area contributed by atoms with Gasteiger partial charge in [0, 0.05) is 23.5 Å². The summed E-state index contributed by atoms with van der Waals surface area (Å²) in [4.78, 5) is 25.6. The molecule has 1 aliphatic heterocycles. The molecule has 1 aliphatic rings. The molecule has 9 heteroatoms. The number of aromatic nitrogens is 1. The van der Waals surface area contributed by atoms with Crippen LogP contribution in [0.2, 0.25) is 0 Å². The number of fused-ring (bicyclic) bond motifs is 1. The predicted molar refractivity (Wildman–Crippen MR) is 126 cm³/mol. The highest BCUT2D eigenvalue weighted by Gasteiger charge is 2.21. The first kappa shape index (κ1) is 24.0. The monoisotopic (exact) mass is 481 g/mol. The van der Waals surface area contributed by atoms with Crippen molar-refractivity contribution in [2.24, 2.45) is 0 Å². The van der Waals surface area contributed by atoms with E-state index in [4.69, 9.17) is 28.4 Å². The molecule has 0 N–H and O–H groups in total. The second-order valence-corrected chi connectivity index (χ2v) is 7.97. The summed E-state index contributed by atoms with van der Waals surface area (Å²) in [7, 11) is 4.38. The van der Waals surface area contributed by atoms with E-state index < -0.39 is 12.6 Å². The highest BCUT2D eigenvalue weighted by molar-refractivity contribution is 6.00. The summed E-state index contributed by atoms with van der Waals surface area (Å²) < 4.78 is 34.0. The van der Waals surface area contributed by atoms with Crippen LogP contribution in [0.5, 0.6) is 28.7 Å². The number of benzene rings is 2. The lowest BCUT2D eigenvalue weighted by Crippen LogP contribution is -2.15. The smallest absolute Gasteiger partial charge is 0.338 e. The van der Waals surface area contributed by atoms with Crippen molar-refractivity contribution >= 4 is 11.8 Å². The fourth-order valence-corrected chi connectivity index (χ4v) is 4.04. The Kier molecular flexibility index (Phi) is 6.86. The van der Waals surface area contributed by atoms with Gasteiger partial charge in [0.25, 0.3) is 0 Å². The normalized spacial score (nSPS) is 11.8. The van der Waals surface area contributed by atoms with Crippen molar-refractivity contribution in [3.63, 3.8) is 0 Å². The fourth-order valence-electron chi connectivity index (χ4n) is 4.04. The van der Waals surface area contributed by atoms with E-state index in [1.54, 1.807) is 6.07 Å². The lowest BCUT2D eigenvalue weighted by atomic mass is 10.1. The van der Waals surface area contributed by atoms with Crippen LogP contribution in [-0.2, 0) is 11.3 Å². The van der Waals surface area contributed by atoms with Gasteiger partial charge in [-0.2, -0.15) is 0 Å². The number of ketones is 1. The number of esters is 1. The second-order valence-electron chi connectivity index (χ2n) is 7.97. The van der Waals surface area contributed by atoms with E-state index >= 15 is 0 Å². The Morgan fingerprint density at radius 3 is 2.26 bits per heavy atom. The van der Waals surface area contributed by atoms with Crippen LogP contribution in [0.15, 0.2) is 36.4 Å². The quantitative estimate of drug-likeness (QED) is 0.335. The summed E-state index contributed by atoms with van der Waals surface area (Å²) >= 11 is 0. The minimum absolute atomic E-state index is 0.181. The molecule has 1 aromatic heterocycles. The van der Waals surface area contributed by atoms with Crippen LogP contribution in [-0.4, -0.2) is 51.0 Å². The lowest BCUT2D eigenvalue weighted by molar-refractivity contribution is 0.0474. The molecule has 0 saturated heterocycles. The van der Waals surface area contributed by atoms with Crippen molar-refractivity contribution in [1.82, 2.24) is 4.57 Å². The summed E-state index contributed by atoms with van der Waals surface area (Å²) in [5.41, 5.74) is 3.40. The van der Waals surface area contributed by atoms with Crippen molar-refractivity contribution in [2.75, 3.05) is 34.7 Å². The molecular weight excluding hydrogens is 454 g/mol. The summed E-state index contributed by atoms with van der Waals surface area (Å²) in [6.07, 6.45) is 0. The third kappa shape index (κ3) is 4.75. The van der Waals surface area contributed by atoms with Crippen molar-refractivity contribution in [3.05, 3.63) is 64.5 Å². The van der Waals surface area contributed by atoms with Gasteiger partial charge >= 0.3 is 5.97 Å². The summed E-state index contributed by atoms with van der Waals surface area (Å²) in [5, 5.41) is 0. The second kappa shape index (κ2) is 10.0. The number of hydrogen-bond acceptors (Lipinski definition) is 8. The Morgan fingerprint density at radius 1 is 0.914 bits per heavy atom. The fraction of sp³-hybridized carbons (Fsp3) is 0.308. The minimum atomic E-state index is -0.674. The SMILES string of the molecule is COc1cc(C(=O)OCC(=O)c2cc(C)n(Cc3ccc4c(c3)OCO4)c2C)cc(OC)c1OC. The molecule has 0 spiro atoms. The Balaban J connectivity index is 1.47. The van der Waals surface area contributed by atoms with E-state index in [0.717, 1.165) is 22.7 Å². The molecule has 0 fully saturated rings. The molecule has 0 bridgehead atoms. The van der Waals surface area contributed by atoms with E-state index in [2.05, 4.69) is 0 Å². The number of nitrogens with zero attached hydrogens (tertiary/aromatic N) is 1. The van der Waals surface area contributed by atoms with E-state index in [-0.39, 0.29) is 18.1 Å². The number of hydrogen-bond donors (Lipinski definition) is 0. The lowest BCUT2D eigenvalue weighted by Gasteiger charge is -2.13. The zero-order chi connectivity index (χ0) is 25.1. The first-order valence-electron chi connectivity index (χ1n) is 10.9. The van der Waals surface area contributed by atoms with Crippen molar-refractivity contribution in [1.29, 1.82) is 0 Å². The van der Waals surface area contributed by atoms with Crippen molar-refractivity contribution in [2.45, 2.75) is 20.4 Å². The molecule has 0 unspecified atom stereocenters. The van der Waals surface area contributed by atoms with Gasteiger partial charge in [-0.05, 0) is 49.7 Å². The minimum Gasteiger partial charge on any atom is -0.493 e. The first-order valence-corrected chi connectivity index (χ1v) is 10.9. The number of aryl methyl sites for hydroxylation is 1. The highest BCUT2D eigenvalue weighted by Crippen LogP contribution is 2.38. The van der Waals surface area contributed by atoms with Crippen molar-refractivity contribution < 1.29 is 38.0 Å². The number of methoxy groups -OCH3 is 3. The number of carbonyl (C=O) groups excluding carboxylic acids is 2. The molecule has 2 heterocycles. The topological polar surface area (TPSA) is 94.5 Å². The van der Waals surface area contributed by atoms with Crippen LogP contribution in [0.25, 0.3) is 0 Å². The van der Waals surface area contributed by atoms with Crippen LogP contribution in [0, 0.1) is 13.8 Å². The predicted octanol–water partition coefficient (Wildman–Crippen LogP) is 3.95. The van der Waals surface area contributed by atoms with E-state index in [9.17, 15) is 9.59 Å². The Bertz CT molecular complexity index is 1250. The third-order valence-corrected chi connectivity index (χ3v) is 5.89. The molecule has 4 rings (SSSR count). The Morgan fingerprint density at radius 2 is 1.60 bits per heavy atom. The van der Waals surface area contributed by atoms with E-state index in [0.29, 0.717) is 35.1 Å². The van der Waals surface area contributed by atoms with Gasteiger partial charge in [-0.1, -0.05) is 6.07 Å². The van der Waals surface area contributed by atoms with Crippen molar-refractivity contribution in [3.8, 4) is 28.7 Å². The number of carbonyl (C=O) groups is 2. The summed E-state index contributed by atoms with van der Waals surface area (Å²) in [5.74, 6) is 1.45. The molecule has 35 heavy (non-hydrogen) atoms. The number of Topliss-reactive ketones (excluding diaryl/α,β-unsaturated/α-hetero) is 1. The van der Waals surface area contributed by atoms with Gasteiger partial charge < -0.3 is 33.0 Å². The number of ether oxygens (including phenoxy) is 6. The van der Waals surface area contributed by atoms with Crippen LogP contribution in [0.3, 0.4) is 0 Å². The summed E-state index contributed by atoms with van der Waals surface area (Å²) in [6.45, 7) is 4.18. The van der Waals surface area contributed by atoms with Gasteiger partial charge in [-0.3, -0.25) is 4.79 Å². The molecular formula is C26H27NO8. The molecule has 0 radical (unpaired) electrons. The molecule has 184 valence electrons. The zero-order valence-electron chi connectivity index (χ0n) is 20.3. The van der Waals surface area contributed by atoms with Gasteiger partial charge in [0.15, 0.2) is 29.6 Å². The first-order chi connectivity index (χ1) is 16.9. The van der Waals surface area contributed by atoms with Crippen LogP contribution < -0.4 is 23.7 Å². The average molecular weight is 482 g/mol. The maximum atomic E-state index is 12.9. The van der Waals surface area contributed by atoms with E-state index in [1.807, 2.05) is 36.6 Å². The highest BCUT2D eigenvalue weighted by atomic mass is 16.7. The molecule has 0 atom stereocenters. The van der Waals surface area contributed by atoms with Gasteiger partial charge in [0.2, 0.25) is 18.3 Å². The largest absolute Gasteiger partial charge is 0.493 e. The molecule has 0 aliphatic carbocycles. The van der Waals surface area contributed by atoms with Crippen LogP contribution in [0.1, 0.15) is 37.7 Å². The molecule has 0 amide bonds. The maximum Gasteiger partial charge on any atom is 0.338 e. The Labute approximate surface area is 203 Å². The zero-order valence-corrected chi connectivity index (χ0v) is 20.3. The summed E-state index contributed by atoms with van der Waals surface area (Å²) in [6, 6.07) is 10.5. The van der Waals surface area contributed by atoms with Crippen LogP contribution in [0.4, 0.5) is 0 Å². The maximum absolute atomic E-state index is 12.9. The molecule has 9 nitrogen and oxygen atoms in total. The van der Waals surface area contributed by atoms with Gasteiger partial charge in [0.1, 0.15) is 0 Å². The number of rotatable bonds is 9.